The fourth-order valence-corrected chi connectivity index (χ4v) is 3.39. The van der Waals surface area contributed by atoms with Crippen LogP contribution in [0.15, 0.2) is 41.2 Å². The van der Waals surface area contributed by atoms with Crippen LogP contribution in [0.3, 0.4) is 0 Å². The van der Waals surface area contributed by atoms with Gasteiger partial charge in [0.1, 0.15) is 5.65 Å². The van der Waals surface area contributed by atoms with Gasteiger partial charge in [-0.2, -0.15) is 0 Å². The molecule has 0 aliphatic heterocycles. The number of aromatic nitrogens is 2. The molecule has 0 amide bonds. The zero-order valence-electron chi connectivity index (χ0n) is 13.1. The van der Waals surface area contributed by atoms with Crippen molar-refractivity contribution in [2.24, 2.45) is 0 Å². The minimum Gasteiger partial charge on any atom is -0.343 e. The lowest BCUT2D eigenvalue weighted by molar-refractivity contribution is 0.104. The van der Waals surface area contributed by atoms with Gasteiger partial charge in [-0.1, -0.05) is 29.8 Å². The largest absolute Gasteiger partial charge is 0.343 e. The number of hydrogen-bond acceptors (Lipinski definition) is 2. The number of aryl methyl sites for hydroxylation is 3. The van der Waals surface area contributed by atoms with Gasteiger partial charge >= 0.3 is 0 Å². The highest BCUT2D eigenvalue weighted by atomic mass is 16.1. The summed E-state index contributed by atoms with van der Waals surface area (Å²) < 4.78 is 1.69. The van der Waals surface area contributed by atoms with E-state index in [9.17, 15) is 9.59 Å². The Kier molecular flexibility index (Phi) is 3.18. The average Bonchev–Trinajstić information content (AvgIpc) is 2.95. The van der Waals surface area contributed by atoms with Crippen LogP contribution < -0.4 is 5.56 Å². The van der Waals surface area contributed by atoms with Crippen LogP contribution in [-0.2, 0) is 12.8 Å². The highest BCUT2D eigenvalue weighted by Gasteiger charge is 2.21. The number of hydrogen-bond donors (Lipinski definition) is 1. The first kappa shape index (κ1) is 14.0. The van der Waals surface area contributed by atoms with Crippen LogP contribution in [0.2, 0.25) is 0 Å². The Morgan fingerprint density at radius 3 is 2.57 bits per heavy atom. The van der Waals surface area contributed by atoms with Crippen LogP contribution in [0.5, 0.6) is 0 Å². The Labute approximate surface area is 133 Å². The van der Waals surface area contributed by atoms with Gasteiger partial charge in [-0.15, -0.1) is 0 Å². The molecule has 2 aromatic heterocycles. The second kappa shape index (κ2) is 5.23. The van der Waals surface area contributed by atoms with E-state index in [-0.39, 0.29) is 11.3 Å². The molecule has 1 aromatic carbocycles. The zero-order chi connectivity index (χ0) is 16.0. The highest BCUT2D eigenvalue weighted by molar-refractivity contribution is 6.12. The van der Waals surface area contributed by atoms with E-state index >= 15 is 0 Å². The van der Waals surface area contributed by atoms with Crippen molar-refractivity contribution in [2.75, 3.05) is 0 Å². The maximum Gasteiger partial charge on any atom is 0.256 e. The van der Waals surface area contributed by atoms with Crippen LogP contribution in [0, 0.1) is 6.92 Å². The maximum atomic E-state index is 12.9. The Morgan fingerprint density at radius 1 is 1.04 bits per heavy atom. The van der Waals surface area contributed by atoms with E-state index in [0.29, 0.717) is 16.8 Å². The molecule has 1 aliphatic rings. The van der Waals surface area contributed by atoms with Crippen molar-refractivity contribution in [3.8, 4) is 0 Å². The Hall–Kier alpha value is -2.62. The molecule has 0 spiro atoms. The predicted molar refractivity (Wildman–Crippen MR) is 89.3 cm³/mol. The summed E-state index contributed by atoms with van der Waals surface area (Å²) in [5.74, 6) is -0.0545. The monoisotopic (exact) mass is 306 g/mol. The van der Waals surface area contributed by atoms with Crippen LogP contribution in [-0.4, -0.2) is 15.2 Å². The number of rotatable bonds is 2. The molecule has 0 atom stereocenters. The first-order valence-electron chi connectivity index (χ1n) is 8.02. The SMILES string of the molecule is Cc1ccc(C(=O)c2ccc(=O)n3c4c([nH]c23)CCCC4)cc1. The molecule has 4 nitrogen and oxygen atoms in total. The summed E-state index contributed by atoms with van der Waals surface area (Å²) in [7, 11) is 0. The first-order valence-corrected chi connectivity index (χ1v) is 8.02. The van der Waals surface area contributed by atoms with Gasteiger partial charge in [0.05, 0.1) is 5.56 Å². The molecule has 4 heteroatoms. The molecule has 1 N–H and O–H groups in total. The number of nitrogens with zero attached hydrogens (tertiary/aromatic N) is 1. The number of carbonyl (C=O) groups excluding carboxylic acids is 1. The first-order chi connectivity index (χ1) is 11.1. The molecule has 23 heavy (non-hydrogen) atoms. The molecule has 0 radical (unpaired) electrons. The number of pyridine rings is 1. The lowest BCUT2D eigenvalue weighted by Gasteiger charge is -2.10. The summed E-state index contributed by atoms with van der Waals surface area (Å²) >= 11 is 0. The van der Waals surface area contributed by atoms with E-state index in [1.54, 1.807) is 10.5 Å². The van der Waals surface area contributed by atoms with E-state index in [0.717, 1.165) is 42.6 Å². The van der Waals surface area contributed by atoms with Gasteiger partial charge in [0.2, 0.25) is 0 Å². The number of H-pyrrole nitrogens is 1. The van der Waals surface area contributed by atoms with Crippen LogP contribution >= 0.6 is 0 Å². The second-order valence-corrected chi connectivity index (χ2v) is 6.22. The average molecular weight is 306 g/mol. The van der Waals surface area contributed by atoms with Gasteiger partial charge in [0.15, 0.2) is 5.78 Å². The predicted octanol–water partition coefficient (Wildman–Crippen LogP) is 3.05. The van der Waals surface area contributed by atoms with Crippen molar-refractivity contribution in [1.29, 1.82) is 0 Å². The molecule has 1 aliphatic carbocycles. The molecule has 4 rings (SSSR count). The molecular weight excluding hydrogens is 288 g/mol. The number of benzene rings is 1. The molecule has 116 valence electrons. The molecule has 2 heterocycles. The van der Waals surface area contributed by atoms with Gasteiger partial charge in [0, 0.05) is 23.0 Å². The summed E-state index contributed by atoms with van der Waals surface area (Å²) in [5, 5.41) is 0. The molecule has 3 aromatic rings. The van der Waals surface area contributed by atoms with Crippen LogP contribution in [0.25, 0.3) is 5.65 Å². The third kappa shape index (κ3) is 2.22. The van der Waals surface area contributed by atoms with Gasteiger partial charge < -0.3 is 4.98 Å². The smallest absolute Gasteiger partial charge is 0.256 e. The summed E-state index contributed by atoms with van der Waals surface area (Å²) in [6.45, 7) is 1.99. The number of nitrogens with one attached hydrogen (secondary N) is 1. The summed E-state index contributed by atoms with van der Waals surface area (Å²) in [4.78, 5) is 28.5. The maximum absolute atomic E-state index is 12.9. The van der Waals surface area contributed by atoms with Crippen molar-refractivity contribution in [3.63, 3.8) is 0 Å². The molecule has 0 fully saturated rings. The van der Waals surface area contributed by atoms with Crippen molar-refractivity contribution in [1.82, 2.24) is 9.38 Å². The third-order valence-corrected chi connectivity index (χ3v) is 4.63. The normalized spacial score (nSPS) is 14.0. The van der Waals surface area contributed by atoms with E-state index in [1.165, 1.54) is 6.07 Å². The quantitative estimate of drug-likeness (QED) is 0.740. The van der Waals surface area contributed by atoms with Crippen molar-refractivity contribution in [2.45, 2.75) is 32.6 Å². The summed E-state index contributed by atoms with van der Waals surface area (Å²) in [5.41, 5.74) is 5.01. The Balaban J connectivity index is 1.92. The number of fused-ring (bicyclic) bond motifs is 3. The fraction of sp³-hybridized carbons (Fsp3) is 0.263. The van der Waals surface area contributed by atoms with Crippen molar-refractivity contribution >= 4 is 11.4 Å². The Morgan fingerprint density at radius 2 is 1.78 bits per heavy atom. The number of aromatic amines is 1. The topological polar surface area (TPSA) is 54.3 Å². The van der Waals surface area contributed by atoms with E-state index in [2.05, 4.69) is 4.98 Å². The number of carbonyl (C=O) groups is 1. The van der Waals surface area contributed by atoms with E-state index in [1.807, 2.05) is 31.2 Å². The molecule has 0 bridgehead atoms. The Bertz CT molecular complexity index is 961. The third-order valence-electron chi connectivity index (χ3n) is 4.63. The standard InChI is InChI=1S/C19H18N2O2/c1-12-6-8-13(9-7-12)18(23)14-10-11-17(22)21-16-5-3-2-4-15(16)20-19(14)21/h6-11,20H,2-5H2,1H3. The number of ketones is 1. The summed E-state index contributed by atoms with van der Waals surface area (Å²) in [6, 6.07) is 10.7. The number of imidazole rings is 1. The van der Waals surface area contributed by atoms with Crippen molar-refractivity contribution < 1.29 is 4.79 Å². The van der Waals surface area contributed by atoms with Crippen LogP contribution in [0.4, 0.5) is 0 Å². The zero-order valence-corrected chi connectivity index (χ0v) is 13.1. The fourth-order valence-electron chi connectivity index (χ4n) is 3.39. The van der Waals surface area contributed by atoms with E-state index < -0.39 is 0 Å². The van der Waals surface area contributed by atoms with E-state index in [4.69, 9.17) is 0 Å². The van der Waals surface area contributed by atoms with Crippen molar-refractivity contribution in [3.05, 3.63) is 74.8 Å². The van der Waals surface area contributed by atoms with Gasteiger partial charge in [-0.05, 0) is 38.7 Å². The lowest BCUT2D eigenvalue weighted by Crippen LogP contribution is -2.17. The van der Waals surface area contributed by atoms with Gasteiger partial charge in [0.25, 0.3) is 5.56 Å². The lowest BCUT2D eigenvalue weighted by atomic mass is 10.0. The minimum atomic E-state index is -0.0696. The molecular formula is C19H18N2O2. The molecule has 0 saturated carbocycles. The molecule has 0 unspecified atom stereocenters. The second-order valence-electron chi connectivity index (χ2n) is 6.22. The minimum absolute atomic E-state index is 0.0545. The van der Waals surface area contributed by atoms with Crippen LogP contribution in [0.1, 0.15) is 45.7 Å². The molecule has 0 saturated heterocycles. The summed E-state index contributed by atoms with van der Waals surface area (Å²) in [6.07, 6.45) is 4.03. The van der Waals surface area contributed by atoms with Gasteiger partial charge in [-0.3, -0.25) is 14.0 Å². The highest BCUT2D eigenvalue weighted by Crippen LogP contribution is 2.23. The van der Waals surface area contributed by atoms with Gasteiger partial charge in [-0.25, -0.2) is 0 Å².